The van der Waals surface area contributed by atoms with Crippen molar-refractivity contribution in [2.75, 3.05) is 6.61 Å². The summed E-state index contributed by atoms with van der Waals surface area (Å²) in [6.07, 6.45) is -3.65. The van der Waals surface area contributed by atoms with Crippen LogP contribution in [0, 0.1) is 0 Å². The zero-order valence-electron chi connectivity index (χ0n) is 11.6. The van der Waals surface area contributed by atoms with Crippen LogP contribution in [0.5, 0.6) is 0 Å². The third-order valence-electron chi connectivity index (χ3n) is 3.57. The number of carboxylic acids is 1. The molecule has 1 aromatic heterocycles. The lowest BCUT2D eigenvalue weighted by Gasteiger charge is -2.27. The summed E-state index contributed by atoms with van der Waals surface area (Å²) in [5, 5.41) is 38.0. The van der Waals surface area contributed by atoms with E-state index in [1.807, 2.05) is 4.98 Å². The zero-order chi connectivity index (χ0) is 16.7. The first-order chi connectivity index (χ1) is 10.2. The number of aliphatic hydroxyl groups is 3. The Morgan fingerprint density at radius 2 is 2.14 bits per heavy atom. The largest absolute Gasteiger partial charge is 0.481 e. The van der Waals surface area contributed by atoms with Gasteiger partial charge in [-0.1, -0.05) is 0 Å². The summed E-state index contributed by atoms with van der Waals surface area (Å²) in [6.45, 7) is 0.611. The van der Waals surface area contributed by atoms with E-state index in [1.54, 1.807) is 0 Å². The minimum Gasteiger partial charge on any atom is -0.481 e. The van der Waals surface area contributed by atoms with Crippen molar-refractivity contribution in [3.8, 4) is 0 Å². The van der Waals surface area contributed by atoms with E-state index in [-0.39, 0.29) is 5.56 Å². The number of carboxylic acid groups (broad SMARTS) is 1. The van der Waals surface area contributed by atoms with E-state index in [0.29, 0.717) is 0 Å². The predicted octanol–water partition coefficient (Wildman–Crippen LogP) is -2.83. The Balaban J connectivity index is 2.50. The minimum atomic E-state index is -1.92. The van der Waals surface area contributed by atoms with Crippen LogP contribution in [0.2, 0.25) is 0 Å². The van der Waals surface area contributed by atoms with E-state index in [2.05, 4.69) is 0 Å². The third-order valence-corrected chi connectivity index (χ3v) is 3.57. The average Bonchev–Trinajstić information content (AvgIpc) is 2.64. The van der Waals surface area contributed by atoms with E-state index >= 15 is 0 Å². The molecule has 0 radical (unpaired) electrons. The molecule has 0 aromatic carbocycles. The molecule has 1 aromatic rings. The van der Waals surface area contributed by atoms with Gasteiger partial charge in [-0.25, -0.2) is 4.79 Å². The SMILES string of the molecule is C[C@@]1(O)[C@H](O)[C@@H](CO)O[C@H]1n1cc(CC(=O)O)c(=O)[nH]c1=O. The Hall–Kier alpha value is -2.01. The maximum absolute atomic E-state index is 11.9. The molecule has 2 rings (SSSR count). The van der Waals surface area contributed by atoms with Gasteiger partial charge in [-0.3, -0.25) is 19.1 Å². The number of hydrogen-bond acceptors (Lipinski definition) is 7. The quantitative estimate of drug-likeness (QED) is 0.397. The van der Waals surface area contributed by atoms with Crippen molar-refractivity contribution in [3.05, 3.63) is 32.6 Å². The number of H-pyrrole nitrogens is 1. The molecule has 0 unspecified atom stereocenters. The van der Waals surface area contributed by atoms with Gasteiger partial charge in [0, 0.05) is 11.8 Å². The number of aliphatic carboxylic acids is 1. The van der Waals surface area contributed by atoms with Crippen LogP contribution in [-0.4, -0.2) is 60.4 Å². The van der Waals surface area contributed by atoms with Crippen LogP contribution in [0.3, 0.4) is 0 Å². The van der Waals surface area contributed by atoms with Crippen LogP contribution in [-0.2, 0) is 16.0 Å². The molecule has 10 nitrogen and oxygen atoms in total. The summed E-state index contributed by atoms with van der Waals surface area (Å²) in [5.74, 6) is -1.27. The van der Waals surface area contributed by atoms with Crippen molar-refractivity contribution in [3.63, 3.8) is 0 Å². The van der Waals surface area contributed by atoms with Crippen LogP contribution in [0.1, 0.15) is 18.7 Å². The number of carbonyl (C=O) groups is 1. The van der Waals surface area contributed by atoms with Crippen molar-refractivity contribution in [1.29, 1.82) is 0 Å². The van der Waals surface area contributed by atoms with E-state index in [1.165, 1.54) is 6.92 Å². The highest BCUT2D eigenvalue weighted by Crippen LogP contribution is 2.37. The molecule has 1 fully saturated rings. The number of aromatic amines is 1. The normalized spacial score (nSPS) is 31.4. The highest BCUT2D eigenvalue weighted by Gasteiger charge is 2.53. The van der Waals surface area contributed by atoms with E-state index < -0.39 is 54.3 Å². The summed E-state index contributed by atoms with van der Waals surface area (Å²) in [7, 11) is 0. The molecule has 122 valence electrons. The molecule has 0 spiro atoms. The van der Waals surface area contributed by atoms with Gasteiger partial charge in [0.2, 0.25) is 0 Å². The molecule has 5 N–H and O–H groups in total. The van der Waals surface area contributed by atoms with Crippen molar-refractivity contribution in [1.82, 2.24) is 9.55 Å². The van der Waals surface area contributed by atoms with Crippen molar-refractivity contribution in [2.24, 2.45) is 0 Å². The number of aliphatic hydroxyl groups excluding tert-OH is 2. The Morgan fingerprint density at radius 1 is 1.50 bits per heavy atom. The second-order valence-electron chi connectivity index (χ2n) is 5.27. The summed E-state index contributed by atoms with van der Waals surface area (Å²) < 4.78 is 6.04. The van der Waals surface area contributed by atoms with Crippen molar-refractivity contribution < 1.29 is 30.0 Å². The van der Waals surface area contributed by atoms with Gasteiger partial charge >= 0.3 is 11.7 Å². The molecular weight excluding hydrogens is 300 g/mol. The summed E-state index contributed by atoms with van der Waals surface area (Å²) in [6, 6.07) is 0. The highest BCUT2D eigenvalue weighted by atomic mass is 16.6. The predicted molar refractivity (Wildman–Crippen MR) is 70.3 cm³/mol. The molecule has 1 saturated heterocycles. The minimum absolute atomic E-state index is 0.214. The van der Waals surface area contributed by atoms with Crippen LogP contribution >= 0.6 is 0 Å². The lowest BCUT2D eigenvalue weighted by atomic mass is 9.96. The molecule has 1 aliphatic rings. The Kier molecular flexibility index (Phi) is 4.20. The van der Waals surface area contributed by atoms with Crippen LogP contribution in [0.25, 0.3) is 0 Å². The average molecular weight is 316 g/mol. The molecule has 22 heavy (non-hydrogen) atoms. The Morgan fingerprint density at radius 3 is 2.64 bits per heavy atom. The van der Waals surface area contributed by atoms with Gasteiger partial charge in [-0.2, -0.15) is 0 Å². The number of nitrogens with zero attached hydrogens (tertiary/aromatic N) is 1. The Bertz CT molecular complexity index is 691. The second-order valence-corrected chi connectivity index (χ2v) is 5.27. The number of hydrogen-bond donors (Lipinski definition) is 5. The molecule has 0 saturated carbocycles. The maximum atomic E-state index is 11.9. The van der Waals surface area contributed by atoms with Crippen LogP contribution < -0.4 is 11.2 Å². The fraction of sp³-hybridized carbons (Fsp3) is 0.583. The van der Waals surface area contributed by atoms with Crippen molar-refractivity contribution >= 4 is 5.97 Å². The van der Waals surface area contributed by atoms with Gasteiger partial charge in [0.25, 0.3) is 5.56 Å². The lowest BCUT2D eigenvalue weighted by Crippen LogP contribution is -2.47. The zero-order valence-corrected chi connectivity index (χ0v) is 11.6. The summed E-state index contributed by atoms with van der Waals surface area (Å²) in [5.41, 5.74) is -3.93. The van der Waals surface area contributed by atoms with Gasteiger partial charge in [0.15, 0.2) is 6.23 Å². The number of rotatable bonds is 4. The highest BCUT2D eigenvalue weighted by molar-refractivity contribution is 5.69. The molecule has 0 amide bonds. The monoisotopic (exact) mass is 316 g/mol. The van der Waals surface area contributed by atoms with Crippen LogP contribution in [0.4, 0.5) is 0 Å². The van der Waals surface area contributed by atoms with Gasteiger partial charge in [-0.05, 0) is 6.92 Å². The molecule has 4 atom stereocenters. The molecule has 0 aliphatic carbocycles. The first kappa shape index (κ1) is 16.4. The van der Waals surface area contributed by atoms with Crippen LogP contribution in [0.15, 0.2) is 15.8 Å². The van der Waals surface area contributed by atoms with E-state index in [9.17, 15) is 24.6 Å². The lowest BCUT2D eigenvalue weighted by molar-refractivity contribution is -0.136. The van der Waals surface area contributed by atoms with Crippen molar-refractivity contribution in [2.45, 2.75) is 37.4 Å². The van der Waals surface area contributed by atoms with Gasteiger partial charge < -0.3 is 25.2 Å². The Labute approximate surface area is 123 Å². The topological polar surface area (TPSA) is 162 Å². The molecule has 2 heterocycles. The van der Waals surface area contributed by atoms with Gasteiger partial charge in [0.05, 0.1) is 13.0 Å². The molecule has 0 bridgehead atoms. The maximum Gasteiger partial charge on any atom is 0.330 e. The second kappa shape index (κ2) is 5.65. The third kappa shape index (κ3) is 2.68. The smallest absolute Gasteiger partial charge is 0.330 e. The fourth-order valence-electron chi connectivity index (χ4n) is 2.38. The molecule has 1 aliphatic heterocycles. The first-order valence-corrected chi connectivity index (χ1v) is 6.41. The first-order valence-electron chi connectivity index (χ1n) is 6.41. The van der Waals surface area contributed by atoms with E-state index in [4.69, 9.17) is 14.9 Å². The molecule has 10 heteroatoms. The van der Waals surface area contributed by atoms with Gasteiger partial charge in [-0.15, -0.1) is 0 Å². The summed E-state index contributed by atoms with van der Waals surface area (Å²) in [4.78, 5) is 36.1. The summed E-state index contributed by atoms with van der Waals surface area (Å²) >= 11 is 0. The van der Waals surface area contributed by atoms with Gasteiger partial charge in [0.1, 0.15) is 17.8 Å². The number of ether oxygens (including phenoxy) is 1. The van der Waals surface area contributed by atoms with E-state index in [0.717, 1.165) is 10.8 Å². The fourth-order valence-corrected chi connectivity index (χ4v) is 2.38. The number of nitrogens with one attached hydrogen (secondary N) is 1. The number of aromatic nitrogens is 2. The molecular formula is C12H16N2O8. The standard InChI is InChI=1S/C12H16N2O8/c1-12(21)8(18)6(4-15)22-10(12)14-3-5(2-7(16)17)9(19)13-11(14)20/h3,6,8,10,15,18,21H,2,4H2,1H3,(H,16,17)(H,13,19,20)/t6-,8-,10-,12-/m1/s1.